The van der Waals surface area contributed by atoms with Crippen LogP contribution in [-0.4, -0.2) is 12.1 Å². The molecule has 1 aromatic carbocycles. The van der Waals surface area contributed by atoms with Crippen molar-refractivity contribution in [2.24, 2.45) is 0 Å². The van der Waals surface area contributed by atoms with Crippen LogP contribution in [0.1, 0.15) is 28.8 Å². The minimum absolute atomic E-state index is 0.629. The van der Waals surface area contributed by atoms with Crippen LogP contribution in [0.15, 0.2) is 30.3 Å². The molecule has 0 saturated carbocycles. The quantitative estimate of drug-likeness (QED) is 0.934. The van der Waals surface area contributed by atoms with Crippen LogP contribution in [0.25, 0.3) is 0 Å². The molecule has 1 aromatic heterocycles. The molecule has 1 aliphatic carbocycles. The Kier molecular flexibility index (Phi) is 3.74. The lowest BCUT2D eigenvalue weighted by Gasteiger charge is -2.10. The van der Waals surface area contributed by atoms with Crippen molar-refractivity contribution in [3.63, 3.8) is 0 Å². The molecular formula is C17H17N3O. The summed E-state index contributed by atoms with van der Waals surface area (Å²) < 4.78 is 5.14. The van der Waals surface area contributed by atoms with E-state index in [9.17, 15) is 5.26 Å². The molecule has 1 heterocycles. The molecule has 3 rings (SSSR count). The van der Waals surface area contributed by atoms with E-state index in [1.54, 1.807) is 7.11 Å². The third-order valence-electron chi connectivity index (χ3n) is 3.79. The first kappa shape index (κ1) is 13.4. The van der Waals surface area contributed by atoms with Crippen LogP contribution in [0, 0.1) is 11.3 Å². The van der Waals surface area contributed by atoms with Crippen LogP contribution in [-0.2, 0) is 19.4 Å². The first-order chi connectivity index (χ1) is 10.3. The predicted octanol–water partition coefficient (Wildman–Crippen LogP) is 3.06. The van der Waals surface area contributed by atoms with Gasteiger partial charge in [-0.15, -0.1) is 0 Å². The molecule has 4 heteroatoms. The van der Waals surface area contributed by atoms with E-state index < -0.39 is 0 Å². The smallest absolute Gasteiger partial charge is 0.144 e. The van der Waals surface area contributed by atoms with Gasteiger partial charge >= 0.3 is 0 Å². The summed E-state index contributed by atoms with van der Waals surface area (Å²) in [6.07, 6.45) is 3.18. The van der Waals surface area contributed by atoms with Gasteiger partial charge in [0, 0.05) is 12.2 Å². The van der Waals surface area contributed by atoms with Crippen molar-refractivity contribution in [1.82, 2.24) is 4.98 Å². The fourth-order valence-corrected chi connectivity index (χ4v) is 2.62. The summed E-state index contributed by atoms with van der Waals surface area (Å²) in [6.45, 7) is 0.643. The van der Waals surface area contributed by atoms with Gasteiger partial charge in [-0.1, -0.05) is 12.1 Å². The molecule has 2 aromatic rings. The average Bonchev–Trinajstić information content (AvgIpc) is 2.99. The average molecular weight is 279 g/mol. The predicted molar refractivity (Wildman–Crippen MR) is 81.3 cm³/mol. The van der Waals surface area contributed by atoms with Gasteiger partial charge in [0.25, 0.3) is 0 Å². The number of fused-ring (bicyclic) bond motifs is 1. The van der Waals surface area contributed by atoms with Crippen molar-refractivity contribution in [3.05, 3.63) is 52.7 Å². The second-order valence-electron chi connectivity index (χ2n) is 5.16. The first-order valence-electron chi connectivity index (χ1n) is 7.10. The lowest BCUT2D eigenvalue weighted by molar-refractivity contribution is 0.414. The Bertz CT molecular complexity index is 686. The Balaban J connectivity index is 1.76. The minimum atomic E-state index is 0.629. The van der Waals surface area contributed by atoms with Gasteiger partial charge in [-0.2, -0.15) is 5.26 Å². The third-order valence-corrected chi connectivity index (χ3v) is 3.79. The molecular weight excluding hydrogens is 262 g/mol. The van der Waals surface area contributed by atoms with Crippen LogP contribution in [0.4, 0.5) is 5.82 Å². The number of benzene rings is 1. The lowest BCUT2D eigenvalue weighted by atomic mass is 10.1. The second-order valence-corrected chi connectivity index (χ2v) is 5.16. The molecule has 0 unspecified atom stereocenters. The summed E-state index contributed by atoms with van der Waals surface area (Å²) in [7, 11) is 1.65. The van der Waals surface area contributed by atoms with Crippen molar-refractivity contribution >= 4 is 5.82 Å². The van der Waals surface area contributed by atoms with Crippen molar-refractivity contribution in [2.75, 3.05) is 12.4 Å². The number of nitrogens with zero attached hydrogens (tertiary/aromatic N) is 2. The number of aryl methyl sites for hydroxylation is 2. The summed E-state index contributed by atoms with van der Waals surface area (Å²) in [4.78, 5) is 4.61. The summed E-state index contributed by atoms with van der Waals surface area (Å²) in [5, 5.41) is 12.5. The Labute approximate surface area is 124 Å². The zero-order valence-electron chi connectivity index (χ0n) is 12.0. The highest BCUT2D eigenvalue weighted by atomic mass is 16.5. The Morgan fingerprint density at radius 1 is 1.29 bits per heavy atom. The third kappa shape index (κ3) is 2.82. The first-order valence-corrected chi connectivity index (χ1v) is 7.10. The van der Waals surface area contributed by atoms with Crippen molar-refractivity contribution in [1.29, 1.82) is 5.26 Å². The maximum absolute atomic E-state index is 9.27. The standard InChI is InChI=1S/C17H17N3O/c1-21-15-7-5-12(6-8-15)11-19-17-14(10-18)9-13-3-2-4-16(13)20-17/h5-9H,2-4,11H2,1H3,(H,19,20). The number of anilines is 1. The van der Waals surface area contributed by atoms with Crippen molar-refractivity contribution in [2.45, 2.75) is 25.8 Å². The summed E-state index contributed by atoms with van der Waals surface area (Å²) in [6, 6.07) is 12.1. The minimum Gasteiger partial charge on any atom is -0.497 e. The van der Waals surface area contributed by atoms with Gasteiger partial charge < -0.3 is 10.1 Å². The molecule has 0 bridgehead atoms. The van der Waals surface area contributed by atoms with Gasteiger partial charge in [0.2, 0.25) is 0 Å². The Hall–Kier alpha value is -2.54. The van der Waals surface area contributed by atoms with Gasteiger partial charge in [0.1, 0.15) is 17.6 Å². The molecule has 0 atom stereocenters. The van der Waals surface area contributed by atoms with Crippen LogP contribution in [0.2, 0.25) is 0 Å². The zero-order chi connectivity index (χ0) is 14.7. The number of methoxy groups -OCH3 is 1. The maximum Gasteiger partial charge on any atom is 0.144 e. The van der Waals surface area contributed by atoms with Crippen LogP contribution >= 0.6 is 0 Å². The van der Waals surface area contributed by atoms with Crippen LogP contribution < -0.4 is 10.1 Å². The molecule has 0 radical (unpaired) electrons. The molecule has 4 nitrogen and oxygen atoms in total. The summed E-state index contributed by atoms with van der Waals surface area (Å²) >= 11 is 0. The SMILES string of the molecule is COc1ccc(CNc2nc3c(cc2C#N)CCC3)cc1. The van der Waals surface area contributed by atoms with Crippen LogP contribution in [0.5, 0.6) is 5.75 Å². The fourth-order valence-electron chi connectivity index (χ4n) is 2.62. The van der Waals surface area contributed by atoms with Gasteiger partial charge in [-0.25, -0.2) is 4.98 Å². The monoisotopic (exact) mass is 279 g/mol. The summed E-state index contributed by atoms with van der Waals surface area (Å²) in [5.74, 6) is 1.53. The van der Waals surface area contributed by atoms with E-state index in [-0.39, 0.29) is 0 Å². The highest BCUT2D eigenvalue weighted by molar-refractivity contribution is 5.55. The van der Waals surface area contributed by atoms with Gasteiger partial charge in [-0.05, 0) is 48.6 Å². The molecule has 21 heavy (non-hydrogen) atoms. The number of rotatable bonds is 4. The van der Waals surface area contributed by atoms with Crippen LogP contribution in [0.3, 0.4) is 0 Å². The topological polar surface area (TPSA) is 57.9 Å². The van der Waals surface area contributed by atoms with Gasteiger partial charge in [-0.3, -0.25) is 0 Å². The highest BCUT2D eigenvalue weighted by Gasteiger charge is 2.16. The van der Waals surface area contributed by atoms with E-state index in [1.165, 1.54) is 5.56 Å². The normalized spacial score (nSPS) is 12.6. The number of nitriles is 1. The molecule has 0 fully saturated rings. The number of pyridine rings is 1. The van der Waals surface area contributed by atoms with E-state index in [4.69, 9.17) is 4.74 Å². The van der Waals surface area contributed by atoms with E-state index in [0.717, 1.165) is 36.3 Å². The van der Waals surface area contributed by atoms with E-state index in [1.807, 2.05) is 30.3 Å². The Morgan fingerprint density at radius 2 is 2.10 bits per heavy atom. The molecule has 106 valence electrons. The van der Waals surface area contributed by atoms with E-state index in [0.29, 0.717) is 17.9 Å². The molecule has 0 spiro atoms. The van der Waals surface area contributed by atoms with Crippen molar-refractivity contribution in [3.8, 4) is 11.8 Å². The number of ether oxygens (including phenoxy) is 1. The highest BCUT2D eigenvalue weighted by Crippen LogP contribution is 2.25. The molecule has 0 aliphatic heterocycles. The molecule has 1 N–H and O–H groups in total. The largest absolute Gasteiger partial charge is 0.497 e. The maximum atomic E-state index is 9.27. The number of nitrogens with one attached hydrogen (secondary N) is 1. The number of aromatic nitrogens is 1. The van der Waals surface area contributed by atoms with Gasteiger partial charge in [0.15, 0.2) is 0 Å². The van der Waals surface area contributed by atoms with E-state index in [2.05, 4.69) is 16.4 Å². The molecule has 0 saturated heterocycles. The lowest BCUT2D eigenvalue weighted by Crippen LogP contribution is -2.05. The number of hydrogen-bond acceptors (Lipinski definition) is 4. The van der Waals surface area contributed by atoms with Gasteiger partial charge in [0.05, 0.1) is 12.7 Å². The zero-order valence-corrected chi connectivity index (χ0v) is 12.0. The second kappa shape index (κ2) is 5.84. The number of hydrogen-bond donors (Lipinski definition) is 1. The molecule has 0 amide bonds. The summed E-state index contributed by atoms with van der Waals surface area (Å²) in [5.41, 5.74) is 4.11. The van der Waals surface area contributed by atoms with Crippen molar-refractivity contribution < 1.29 is 4.74 Å². The molecule has 1 aliphatic rings. The van der Waals surface area contributed by atoms with E-state index >= 15 is 0 Å². The fraction of sp³-hybridized carbons (Fsp3) is 0.294. The Morgan fingerprint density at radius 3 is 2.81 bits per heavy atom.